The van der Waals surface area contributed by atoms with Gasteiger partial charge in [-0.2, -0.15) is 4.98 Å². The summed E-state index contributed by atoms with van der Waals surface area (Å²) in [7, 11) is 0. The molecular weight excluding hydrogens is 236 g/mol. The number of H-pyrrole nitrogens is 1. The summed E-state index contributed by atoms with van der Waals surface area (Å²) in [5.74, 6) is -0.876. The van der Waals surface area contributed by atoms with Gasteiger partial charge in [-0.1, -0.05) is 0 Å². The minimum absolute atomic E-state index is 0.0227. The number of hydrogen-bond donors (Lipinski definition) is 3. The van der Waals surface area contributed by atoms with Gasteiger partial charge >= 0.3 is 0 Å². The molecule has 0 bridgehead atoms. The number of nitrogens with two attached hydrogens (primary N) is 2. The minimum Gasteiger partial charge on any atom is -0.369 e. The fraction of sp³-hybridized carbons (Fsp3) is 0.600. The molecule has 1 aliphatic heterocycles. The summed E-state index contributed by atoms with van der Waals surface area (Å²) < 4.78 is 0. The predicted molar refractivity (Wildman–Crippen MR) is 63.2 cm³/mol. The number of nitrogen functional groups attached to an aromatic ring is 1. The van der Waals surface area contributed by atoms with Crippen molar-refractivity contribution in [3.8, 4) is 0 Å². The lowest BCUT2D eigenvalue weighted by Crippen LogP contribution is -2.48. The van der Waals surface area contributed by atoms with Crippen LogP contribution in [0.2, 0.25) is 0 Å². The zero-order valence-electron chi connectivity index (χ0n) is 10.1. The molecule has 18 heavy (non-hydrogen) atoms. The highest BCUT2D eigenvalue weighted by molar-refractivity contribution is 5.91. The topological polar surface area (TPSA) is 131 Å². The summed E-state index contributed by atoms with van der Waals surface area (Å²) >= 11 is 0. The average molecular weight is 252 g/mol. The molecule has 2 rings (SSSR count). The highest BCUT2D eigenvalue weighted by atomic mass is 16.2. The van der Waals surface area contributed by atoms with Crippen LogP contribution in [0.5, 0.6) is 0 Å². The molecule has 0 aliphatic carbocycles. The number of piperidine rings is 1. The lowest BCUT2D eigenvalue weighted by molar-refractivity contribution is -0.123. The van der Waals surface area contributed by atoms with Crippen LogP contribution < -0.4 is 11.5 Å². The van der Waals surface area contributed by atoms with Gasteiger partial charge in [-0.05, 0) is 19.8 Å². The van der Waals surface area contributed by atoms with Gasteiger partial charge in [0.15, 0.2) is 0 Å². The number of primary amides is 1. The van der Waals surface area contributed by atoms with E-state index in [0.717, 1.165) is 6.42 Å². The minimum atomic E-state index is -0.378. The third-order valence-electron chi connectivity index (χ3n) is 3.25. The fourth-order valence-electron chi connectivity index (χ4n) is 2.13. The number of nitrogens with one attached hydrogen (secondary N) is 1. The second-order valence-corrected chi connectivity index (χ2v) is 4.53. The summed E-state index contributed by atoms with van der Waals surface area (Å²) in [5, 5.41) is 6.09. The monoisotopic (exact) mass is 252 g/mol. The third-order valence-corrected chi connectivity index (χ3v) is 3.25. The molecule has 1 aromatic rings. The van der Waals surface area contributed by atoms with Gasteiger partial charge < -0.3 is 16.4 Å². The quantitative estimate of drug-likeness (QED) is 0.628. The molecule has 0 aromatic carbocycles. The SMILES string of the molecule is CC1CCC(C(N)=O)CN1C(=O)c1nc(N)n[nH]1. The van der Waals surface area contributed by atoms with E-state index in [-0.39, 0.29) is 35.5 Å². The second kappa shape index (κ2) is 4.63. The molecule has 1 aliphatic rings. The summed E-state index contributed by atoms with van der Waals surface area (Å²) in [5.41, 5.74) is 10.6. The number of carbonyl (C=O) groups is 2. The first kappa shape index (κ1) is 12.3. The maximum absolute atomic E-state index is 12.2. The Hall–Kier alpha value is -2.12. The van der Waals surface area contributed by atoms with Crippen LogP contribution in [-0.2, 0) is 4.79 Å². The van der Waals surface area contributed by atoms with Crippen molar-refractivity contribution in [2.45, 2.75) is 25.8 Å². The van der Waals surface area contributed by atoms with Crippen LogP contribution in [-0.4, -0.2) is 44.5 Å². The molecule has 2 heterocycles. The number of anilines is 1. The van der Waals surface area contributed by atoms with Crippen molar-refractivity contribution < 1.29 is 9.59 Å². The van der Waals surface area contributed by atoms with Crippen LogP contribution in [0.15, 0.2) is 0 Å². The van der Waals surface area contributed by atoms with E-state index in [0.29, 0.717) is 13.0 Å². The third kappa shape index (κ3) is 2.27. The molecule has 8 heteroatoms. The van der Waals surface area contributed by atoms with Crippen LogP contribution in [0.1, 0.15) is 30.4 Å². The van der Waals surface area contributed by atoms with E-state index < -0.39 is 0 Å². The number of aromatic nitrogens is 3. The maximum Gasteiger partial charge on any atom is 0.291 e. The van der Waals surface area contributed by atoms with Gasteiger partial charge in [0.1, 0.15) is 0 Å². The number of amides is 2. The summed E-state index contributed by atoms with van der Waals surface area (Å²) in [6.07, 6.45) is 1.45. The lowest BCUT2D eigenvalue weighted by atomic mass is 9.93. The molecule has 0 saturated carbocycles. The molecule has 0 spiro atoms. The Kier molecular flexibility index (Phi) is 3.17. The molecule has 2 amide bonds. The molecule has 8 nitrogen and oxygen atoms in total. The highest BCUT2D eigenvalue weighted by Gasteiger charge is 2.33. The van der Waals surface area contributed by atoms with Gasteiger partial charge in [-0.25, -0.2) is 0 Å². The van der Waals surface area contributed by atoms with E-state index in [1.54, 1.807) is 4.90 Å². The maximum atomic E-state index is 12.2. The first-order valence-electron chi connectivity index (χ1n) is 5.77. The Morgan fingerprint density at radius 1 is 1.44 bits per heavy atom. The first-order chi connectivity index (χ1) is 8.49. The van der Waals surface area contributed by atoms with Gasteiger partial charge in [0.05, 0.1) is 5.92 Å². The van der Waals surface area contributed by atoms with Crippen molar-refractivity contribution in [3.63, 3.8) is 0 Å². The van der Waals surface area contributed by atoms with Gasteiger partial charge in [-0.3, -0.25) is 14.7 Å². The van der Waals surface area contributed by atoms with Crippen LogP contribution in [0.4, 0.5) is 5.95 Å². The number of likely N-dealkylation sites (tertiary alicyclic amines) is 1. The molecule has 98 valence electrons. The van der Waals surface area contributed by atoms with E-state index in [2.05, 4.69) is 15.2 Å². The molecule has 5 N–H and O–H groups in total. The molecule has 2 atom stereocenters. The molecule has 1 saturated heterocycles. The number of carbonyl (C=O) groups excluding carboxylic acids is 2. The van der Waals surface area contributed by atoms with Crippen molar-refractivity contribution in [2.24, 2.45) is 11.7 Å². The smallest absolute Gasteiger partial charge is 0.291 e. The van der Waals surface area contributed by atoms with E-state index >= 15 is 0 Å². The summed E-state index contributed by atoms with van der Waals surface area (Å²) in [4.78, 5) is 28.8. The Morgan fingerprint density at radius 2 is 2.17 bits per heavy atom. The number of rotatable bonds is 2. The normalized spacial score (nSPS) is 23.9. The average Bonchev–Trinajstić information content (AvgIpc) is 2.75. The Bertz CT molecular complexity index is 471. The lowest BCUT2D eigenvalue weighted by Gasteiger charge is -2.36. The Labute approximate surface area is 104 Å². The van der Waals surface area contributed by atoms with Crippen molar-refractivity contribution in [3.05, 3.63) is 5.82 Å². The highest BCUT2D eigenvalue weighted by Crippen LogP contribution is 2.22. The summed E-state index contributed by atoms with van der Waals surface area (Å²) in [6.45, 7) is 2.24. The molecular formula is C10H16N6O2. The molecule has 0 radical (unpaired) electrons. The van der Waals surface area contributed by atoms with Crippen LogP contribution in [0.25, 0.3) is 0 Å². The van der Waals surface area contributed by atoms with Crippen LogP contribution in [0.3, 0.4) is 0 Å². The van der Waals surface area contributed by atoms with Crippen molar-refractivity contribution in [1.29, 1.82) is 0 Å². The largest absolute Gasteiger partial charge is 0.369 e. The van der Waals surface area contributed by atoms with Crippen LogP contribution >= 0.6 is 0 Å². The van der Waals surface area contributed by atoms with E-state index in [4.69, 9.17) is 11.5 Å². The van der Waals surface area contributed by atoms with Crippen molar-refractivity contribution >= 4 is 17.8 Å². The van der Waals surface area contributed by atoms with Crippen molar-refractivity contribution in [1.82, 2.24) is 20.1 Å². The number of nitrogens with zero attached hydrogens (tertiary/aromatic N) is 3. The van der Waals surface area contributed by atoms with Gasteiger partial charge in [0.2, 0.25) is 17.7 Å². The van der Waals surface area contributed by atoms with Gasteiger partial charge in [0, 0.05) is 12.6 Å². The zero-order valence-corrected chi connectivity index (χ0v) is 10.1. The Morgan fingerprint density at radius 3 is 2.72 bits per heavy atom. The molecule has 1 fully saturated rings. The number of hydrogen-bond acceptors (Lipinski definition) is 5. The zero-order chi connectivity index (χ0) is 13.3. The fourth-order valence-corrected chi connectivity index (χ4v) is 2.13. The number of aromatic amines is 1. The predicted octanol–water partition coefficient (Wildman–Crippen LogP) is -0.887. The summed E-state index contributed by atoms with van der Waals surface area (Å²) in [6, 6.07) is 0.0411. The van der Waals surface area contributed by atoms with Crippen molar-refractivity contribution in [2.75, 3.05) is 12.3 Å². The van der Waals surface area contributed by atoms with E-state index in [9.17, 15) is 9.59 Å². The second-order valence-electron chi connectivity index (χ2n) is 4.53. The molecule has 2 unspecified atom stereocenters. The van der Waals surface area contributed by atoms with E-state index in [1.165, 1.54) is 0 Å². The first-order valence-corrected chi connectivity index (χ1v) is 5.77. The standard InChI is InChI=1S/C10H16N6O2/c1-5-2-3-6(7(11)17)4-16(5)9(18)8-13-10(12)15-14-8/h5-6H,2-4H2,1H3,(H2,11,17)(H3,12,13,14,15). The Balaban J connectivity index is 2.15. The molecule has 1 aromatic heterocycles. The van der Waals surface area contributed by atoms with E-state index in [1.807, 2.05) is 6.92 Å². The van der Waals surface area contributed by atoms with Crippen LogP contribution in [0, 0.1) is 5.92 Å². The van der Waals surface area contributed by atoms with Gasteiger partial charge in [0.25, 0.3) is 5.91 Å². The van der Waals surface area contributed by atoms with Gasteiger partial charge in [-0.15, -0.1) is 5.10 Å².